The van der Waals surface area contributed by atoms with Gasteiger partial charge >= 0.3 is 0 Å². The molecule has 0 spiro atoms. The molecule has 0 N–H and O–H groups in total. The SMILES string of the molecule is COc1cccc([C@@H]2CC(c3cccs3)=NN2C(=O)CSC2=NN3CCCC(=O)N=C3S2)c1OC. The number of para-hydroxylation sites is 1. The highest BCUT2D eigenvalue weighted by molar-refractivity contribution is 8.45. The number of nitrogens with zero attached hydrogens (tertiary/aromatic N) is 5. The normalized spacial score (nSPS) is 19.7. The first-order chi connectivity index (χ1) is 17.1. The van der Waals surface area contributed by atoms with Crippen LogP contribution in [0.15, 0.2) is 50.9 Å². The summed E-state index contributed by atoms with van der Waals surface area (Å²) in [7, 11) is 3.19. The minimum atomic E-state index is -0.319. The van der Waals surface area contributed by atoms with Crippen LogP contribution in [0, 0.1) is 0 Å². The lowest BCUT2D eigenvalue weighted by Crippen LogP contribution is -2.29. The summed E-state index contributed by atoms with van der Waals surface area (Å²) in [6.07, 6.45) is 1.72. The third-order valence-electron chi connectivity index (χ3n) is 5.67. The Kier molecular flexibility index (Phi) is 7.12. The van der Waals surface area contributed by atoms with E-state index < -0.39 is 0 Å². The molecule has 0 fully saturated rings. The van der Waals surface area contributed by atoms with Gasteiger partial charge in [0.2, 0.25) is 5.91 Å². The van der Waals surface area contributed by atoms with Gasteiger partial charge in [0.15, 0.2) is 21.0 Å². The van der Waals surface area contributed by atoms with Gasteiger partial charge in [-0.2, -0.15) is 15.2 Å². The molecule has 3 aliphatic heterocycles. The number of methoxy groups -OCH3 is 2. The number of ether oxygens (including phenoxy) is 2. The minimum absolute atomic E-state index is 0.130. The van der Waals surface area contributed by atoms with Crippen LogP contribution >= 0.6 is 34.9 Å². The largest absolute Gasteiger partial charge is 0.493 e. The molecule has 4 heterocycles. The Labute approximate surface area is 215 Å². The monoisotopic (exact) mass is 529 g/mol. The summed E-state index contributed by atoms with van der Waals surface area (Å²) in [6, 6.07) is 9.34. The second-order valence-corrected chi connectivity index (χ2v) is 11.0. The van der Waals surface area contributed by atoms with Crippen molar-refractivity contribution in [1.82, 2.24) is 10.0 Å². The average molecular weight is 530 g/mol. The number of rotatable bonds is 6. The molecule has 1 aromatic heterocycles. The molecule has 0 aliphatic carbocycles. The summed E-state index contributed by atoms with van der Waals surface area (Å²) in [4.78, 5) is 30.4. The van der Waals surface area contributed by atoms with E-state index in [1.165, 1.54) is 23.5 Å². The fourth-order valence-corrected chi connectivity index (χ4v) is 6.63. The van der Waals surface area contributed by atoms with Gasteiger partial charge in [-0.05, 0) is 35.7 Å². The maximum Gasteiger partial charge on any atom is 0.253 e. The predicted octanol–water partition coefficient (Wildman–Crippen LogP) is 4.17. The quantitative estimate of drug-likeness (QED) is 0.554. The molecule has 1 aromatic carbocycles. The first-order valence-electron chi connectivity index (χ1n) is 11.0. The van der Waals surface area contributed by atoms with E-state index in [2.05, 4.69) is 10.1 Å². The van der Waals surface area contributed by atoms with Crippen LogP contribution in [0.2, 0.25) is 0 Å². The number of carbonyl (C=O) groups excluding carboxylic acids is 2. The van der Waals surface area contributed by atoms with Crippen molar-refractivity contribution in [1.29, 1.82) is 0 Å². The molecule has 0 bridgehead atoms. The minimum Gasteiger partial charge on any atom is -0.493 e. The number of amidine groups is 1. The summed E-state index contributed by atoms with van der Waals surface area (Å²) in [5.74, 6) is 1.09. The van der Waals surface area contributed by atoms with Gasteiger partial charge in [-0.1, -0.05) is 30.0 Å². The molecule has 0 saturated carbocycles. The number of hydrazone groups is 2. The zero-order valence-electron chi connectivity index (χ0n) is 19.2. The number of aliphatic imine (C=N–C) groups is 1. The Bertz CT molecular complexity index is 1230. The number of hydrogen-bond donors (Lipinski definition) is 0. The molecule has 3 aliphatic rings. The molecule has 0 saturated heterocycles. The molecule has 0 radical (unpaired) electrons. The number of thioether (sulfide) groups is 2. The van der Waals surface area contributed by atoms with Crippen LogP contribution in [-0.4, -0.2) is 63.6 Å². The van der Waals surface area contributed by atoms with E-state index in [-0.39, 0.29) is 23.6 Å². The molecular formula is C23H23N5O4S3. The van der Waals surface area contributed by atoms with Crippen molar-refractivity contribution in [2.45, 2.75) is 25.3 Å². The van der Waals surface area contributed by atoms with Crippen molar-refractivity contribution in [2.24, 2.45) is 15.2 Å². The fraction of sp³-hybridized carbons (Fsp3) is 0.348. The molecule has 0 unspecified atom stereocenters. The lowest BCUT2D eigenvalue weighted by molar-refractivity contribution is -0.130. The molecular weight excluding hydrogens is 506 g/mol. The smallest absolute Gasteiger partial charge is 0.253 e. The molecule has 5 rings (SSSR count). The molecule has 12 heteroatoms. The molecule has 2 aromatic rings. The van der Waals surface area contributed by atoms with E-state index >= 15 is 0 Å². The van der Waals surface area contributed by atoms with Crippen LogP contribution in [0.25, 0.3) is 0 Å². The van der Waals surface area contributed by atoms with Gasteiger partial charge in [-0.3, -0.25) is 9.59 Å². The van der Waals surface area contributed by atoms with Crippen molar-refractivity contribution in [3.63, 3.8) is 0 Å². The van der Waals surface area contributed by atoms with Gasteiger partial charge in [-0.25, -0.2) is 10.0 Å². The third-order valence-corrected chi connectivity index (χ3v) is 8.65. The van der Waals surface area contributed by atoms with Crippen molar-refractivity contribution in [2.75, 3.05) is 26.5 Å². The highest BCUT2D eigenvalue weighted by Crippen LogP contribution is 2.42. The maximum atomic E-state index is 13.4. The third kappa shape index (κ3) is 4.95. The number of fused-ring (bicyclic) bond motifs is 1. The summed E-state index contributed by atoms with van der Waals surface area (Å²) in [5, 5.41) is 15.2. The Balaban J connectivity index is 1.37. The summed E-state index contributed by atoms with van der Waals surface area (Å²) in [6.45, 7) is 0.647. The highest BCUT2D eigenvalue weighted by atomic mass is 32.2. The van der Waals surface area contributed by atoms with Crippen LogP contribution in [0.4, 0.5) is 0 Å². The Morgan fingerprint density at radius 1 is 1.20 bits per heavy atom. The molecule has 35 heavy (non-hydrogen) atoms. The van der Waals surface area contributed by atoms with E-state index in [0.29, 0.717) is 46.8 Å². The molecule has 2 amide bonds. The van der Waals surface area contributed by atoms with Gasteiger partial charge < -0.3 is 9.47 Å². The van der Waals surface area contributed by atoms with Gasteiger partial charge in [0.05, 0.1) is 36.6 Å². The lowest BCUT2D eigenvalue weighted by atomic mass is 9.99. The summed E-state index contributed by atoms with van der Waals surface area (Å²) in [5.41, 5.74) is 1.70. The number of amides is 2. The second kappa shape index (κ2) is 10.4. The first-order valence-corrected chi connectivity index (χ1v) is 13.7. The second-order valence-electron chi connectivity index (χ2n) is 7.84. The van der Waals surface area contributed by atoms with E-state index in [9.17, 15) is 9.59 Å². The number of carbonyl (C=O) groups is 2. The van der Waals surface area contributed by atoms with Crippen molar-refractivity contribution in [3.05, 3.63) is 46.2 Å². The van der Waals surface area contributed by atoms with Crippen molar-refractivity contribution >= 4 is 61.9 Å². The zero-order chi connectivity index (χ0) is 24.4. The number of hydrogen-bond acceptors (Lipinski definition) is 10. The van der Waals surface area contributed by atoms with Gasteiger partial charge in [0, 0.05) is 24.9 Å². The number of benzene rings is 1. The summed E-state index contributed by atoms with van der Waals surface area (Å²) < 4.78 is 11.8. The van der Waals surface area contributed by atoms with Crippen LogP contribution in [0.1, 0.15) is 35.7 Å². The highest BCUT2D eigenvalue weighted by Gasteiger charge is 2.36. The Hall–Kier alpha value is -2.83. The maximum absolute atomic E-state index is 13.4. The molecule has 9 nitrogen and oxygen atoms in total. The van der Waals surface area contributed by atoms with Crippen LogP contribution in [0.3, 0.4) is 0 Å². The molecule has 182 valence electrons. The van der Waals surface area contributed by atoms with Crippen LogP contribution < -0.4 is 9.47 Å². The van der Waals surface area contributed by atoms with Crippen molar-refractivity contribution < 1.29 is 19.1 Å². The Morgan fingerprint density at radius 3 is 2.86 bits per heavy atom. The Morgan fingerprint density at radius 2 is 2.09 bits per heavy atom. The van der Waals surface area contributed by atoms with Crippen LogP contribution in [0.5, 0.6) is 11.5 Å². The lowest BCUT2D eigenvalue weighted by Gasteiger charge is -2.24. The predicted molar refractivity (Wildman–Crippen MR) is 140 cm³/mol. The van der Waals surface area contributed by atoms with E-state index in [1.807, 2.05) is 35.7 Å². The zero-order valence-corrected chi connectivity index (χ0v) is 21.6. The van der Waals surface area contributed by atoms with E-state index in [0.717, 1.165) is 16.2 Å². The topological polar surface area (TPSA) is 96.2 Å². The molecule has 1 atom stereocenters. The van der Waals surface area contributed by atoms with Gasteiger partial charge in [0.1, 0.15) is 0 Å². The fourth-order valence-electron chi connectivity index (χ4n) is 4.06. The number of thiophene rings is 1. The van der Waals surface area contributed by atoms with E-state index in [1.54, 1.807) is 35.6 Å². The van der Waals surface area contributed by atoms with Crippen LogP contribution in [-0.2, 0) is 9.59 Å². The van der Waals surface area contributed by atoms with Gasteiger partial charge in [-0.15, -0.1) is 11.3 Å². The van der Waals surface area contributed by atoms with E-state index in [4.69, 9.17) is 14.6 Å². The summed E-state index contributed by atoms with van der Waals surface area (Å²) >= 11 is 4.26. The van der Waals surface area contributed by atoms with Crippen molar-refractivity contribution in [3.8, 4) is 11.5 Å². The standard InChI is InChI=1S/C23H23N5O4S3/c1-31-17-7-3-6-14(21(17)32-2)16-12-15(18-8-5-11-33-18)25-28(16)20(30)13-34-23-26-27-10-4-9-19(29)24-22(27)35-23/h3,5-8,11,16H,4,9-10,12-13H2,1-2H3/t16-/m0/s1. The average Bonchev–Trinajstić information content (AvgIpc) is 3.60. The van der Waals surface area contributed by atoms with Gasteiger partial charge in [0.25, 0.3) is 5.91 Å². The first kappa shape index (κ1) is 23.9.